The molecule has 206 valence electrons. The minimum absolute atomic E-state index is 0.142. The Morgan fingerprint density at radius 2 is 1.79 bits per heavy atom. The van der Waals surface area contributed by atoms with E-state index in [0.29, 0.717) is 34.7 Å². The normalized spacial score (nSPS) is 22.0. The van der Waals surface area contributed by atoms with Crippen molar-refractivity contribution < 1.29 is 9.53 Å². The van der Waals surface area contributed by atoms with Gasteiger partial charge in [-0.1, -0.05) is 43.0 Å². The van der Waals surface area contributed by atoms with E-state index in [0.717, 1.165) is 74.7 Å². The fourth-order valence-electron chi connectivity index (χ4n) is 6.52. The van der Waals surface area contributed by atoms with Crippen LogP contribution in [0, 0.1) is 11.8 Å². The minimum atomic E-state index is 0.142. The summed E-state index contributed by atoms with van der Waals surface area (Å²) in [6.07, 6.45) is 18.4. The minimum Gasteiger partial charge on any atom is -0.480 e. The smallest absolute Gasteiger partial charge is 0.232 e. The Morgan fingerprint density at radius 1 is 1.00 bits per heavy atom. The molecule has 3 fully saturated rings. The van der Waals surface area contributed by atoms with Gasteiger partial charge in [0.2, 0.25) is 11.8 Å². The van der Waals surface area contributed by atoms with Gasteiger partial charge >= 0.3 is 0 Å². The first kappa shape index (κ1) is 26.4. The van der Waals surface area contributed by atoms with Crippen LogP contribution < -0.4 is 9.64 Å². The summed E-state index contributed by atoms with van der Waals surface area (Å²) >= 11 is 6.36. The van der Waals surface area contributed by atoms with Gasteiger partial charge in [-0.15, -0.1) is 0 Å². The number of hydrogen-bond donors (Lipinski definition) is 0. The average Bonchev–Trinajstić information content (AvgIpc) is 3.72. The standard InChI is InChI=1S/C32H39ClN4O2/c1-39-31-30(33)17-26(18-34-31)23-12-10-22(11-13-23)20-36(32(38)24-6-3-2-4-7-24)29-9-5-8-25(16-29)27-19-35-37(21-27)28-14-15-28/h5,8-9,16-19,21-24,28H,2-4,6-7,10-15,20H2,1H3. The highest BCUT2D eigenvalue weighted by molar-refractivity contribution is 6.31. The highest BCUT2D eigenvalue weighted by Gasteiger charge is 2.31. The number of anilines is 1. The van der Waals surface area contributed by atoms with E-state index in [2.05, 4.69) is 50.1 Å². The Hall–Kier alpha value is -2.86. The number of pyridine rings is 1. The number of aromatic nitrogens is 3. The molecule has 2 heterocycles. The Balaban J connectivity index is 1.19. The summed E-state index contributed by atoms with van der Waals surface area (Å²) in [7, 11) is 1.59. The van der Waals surface area contributed by atoms with Crippen LogP contribution in [0.4, 0.5) is 5.69 Å². The van der Waals surface area contributed by atoms with E-state index < -0.39 is 0 Å². The van der Waals surface area contributed by atoms with Crippen LogP contribution in [0.2, 0.25) is 5.02 Å². The second kappa shape index (κ2) is 11.7. The lowest BCUT2D eigenvalue weighted by Gasteiger charge is -2.35. The van der Waals surface area contributed by atoms with Crippen molar-refractivity contribution in [3.63, 3.8) is 0 Å². The van der Waals surface area contributed by atoms with Crippen LogP contribution in [0.1, 0.15) is 88.2 Å². The third kappa shape index (κ3) is 6.01. The molecule has 6 rings (SSSR count). The Labute approximate surface area is 236 Å². The van der Waals surface area contributed by atoms with E-state index >= 15 is 0 Å². The molecule has 0 atom stereocenters. The lowest BCUT2D eigenvalue weighted by atomic mass is 9.78. The molecule has 7 heteroatoms. The maximum absolute atomic E-state index is 14.0. The first-order valence-electron chi connectivity index (χ1n) is 14.7. The fraction of sp³-hybridized carbons (Fsp3) is 0.531. The first-order chi connectivity index (χ1) is 19.1. The number of nitrogens with zero attached hydrogens (tertiary/aromatic N) is 4. The maximum atomic E-state index is 14.0. The van der Waals surface area contributed by atoms with Crippen molar-refractivity contribution in [2.24, 2.45) is 11.8 Å². The van der Waals surface area contributed by atoms with E-state index in [1.54, 1.807) is 7.11 Å². The Morgan fingerprint density at radius 3 is 2.51 bits per heavy atom. The molecule has 0 saturated heterocycles. The summed E-state index contributed by atoms with van der Waals surface area (Å²) in [6, 6.07) is 11.1. The highest BCUT2D eigenvalue weighted by Crippen LogP contribution is 2.39. The third-order valence-electron chi connectivity index (χ3n) is 9.01. The molecule has 3 aliphatic carbocycles. The monoisotopic (exact) mass is 546 g/mol. The molecule has 0 spiro atoms. The molecule has 2 aromatic heterocycles. The molecule has 0 unspecified atom stereocenters. The second-order valence-electron chi connectivity index (χ2n) is 11.8. The fourth-order valence-corrected chi connectivity index (χ4v) is 6.77. The molecule has 0 bridgehead atoms. The predicted octanol–water partition coefficient (Wildman–Crippen LogP) is 7.83. The zero-order valence-electron chi connectivity index (χ0n) is 22.9. The maximum Gasteiger partial charge on any atom is 0.232 e. The van der Waals surface area contributed by atoms with Gasteiger partial charge in [0.05, 0.1) is 19.3 Å². The summed E-state index contributed by atoms with van der Waals surface area (Å²) in [5.74, 6) is 1.87. The van der Waals surface area contributed by atoms with Gasteiger partial charge in [-0.3, -0.25) is 9.48 Å². The number of carbonyl (C=O) groups is 1. The Kier molecular flexibility index (Phi) is 7.92. The molecule has 1 aromatic carbocycles. The summed E-state index contributed by atoms with van der Waals surface area (Å²) < 4.78 is 7.32. The number of carbonyl (C=O) groups excluding carboxylic acids is 1. The molecule has 1 amide bonds. The van der Waals surface area contributed by atoms with Crippen molar-refractivity contribution in [3.05, 3.63) is 59.5 Å². The zero-order valence-corrected chi connectivity index (χ0v) is 23.7. The summed E-state index contributed by atoms with van der Waals surface area (Å²) in [5, 5.41) is 5.17. The SMILES string of the molecule is COc1ncc(C2CCC(CN(C(=O)C3CCCCC3)c3cccc(-c4cnn(C5CC5)c4)c3)CC2)cc1Cl. The van der Waals surface area contributed by atoms with Crippen LogP contribution in [-0.4, -0.2) is 34.3 Å². The number of amides is 1. The molecule has 0 radical (unpaired) electrons. The quantitative estimate of drug-likeness (QED) is 0.289. The topological polar surface area (TPSA) is 60.2 Å². The highest BCUT2D eigenvalue weighted by atomic mass is 35.5. The lowest BCUT2D eigenvalue weighted by molar-refractivity contribution is -0.123. The van der Waals surface area contributed by atoms with Crippen LogP contribution in [0.3, 0.4) is 0 Å². The molecular weight excluding hydrogens is 508 g/mol. The summed E-state index contributed by atoms with van der Waals surface area (Å²) in [4.78, 5) is 20.5. The summed E-state index contributed by atoms with van der Waals surface area (Å²) in [6.45, 7) is 0.786. The van der Waals surface area contributed by atoms with Crippen molar-refractivity contribution in [1.82, 2.24) is 14.8 Å². The van der Waals surface area contributed by atoms with Crippen LogP contribution in [0.25, 0.3) is 11.1 Å². The molecule has 0 aliphatic heterocycles. The summed E-state index contributed by atoms with van der Waals surface area (Å²) in [5.41, 5.74) is 4.47. The van der Waals surface area contributed by atoms with E-state index in [4.69, 9.17) is 16.3 Å². The molecule has 3 aliphatic rings. The average molecular weight is 547 g/mol. The first-order valence-corrected chi connectivity index (χ1v) is 15.1. The van der Waals surface area contributed by atoms with Crippen molar-refractivity contribution in [3.8, 4) is 17.0 Å². The number of benzene rings is 1. The largest absolute Gasteiger partial charge is 0.480 e. The van der Waals surface area contributed by atoms with E-state index in [9.17, 15) is 4.79 Å². The number of ether oxygens (including phenoxy) is 1. The zero-order chi connectivity index (χ0) is 26.8. The number of hydrogen-bond acceptors (Lipinski definition) is 4. The van der Waals surface area contributed by atoms with Crippen molar-refractivity contribution >= 4 is 23.2 Å². The predicted molar refractivity (Wildman–Crippen MR) is 155 cm³/mol. The van der Waals surface area contributed by atoms with Gasteiger partial charge in [-0.25, -0.2) is 4.98 Å². The molecular formula is C32H39ClN4O2. The van der Waals surface area contributed by atoms with Crippen LogP contribution in [-0.2, 0) is 4.79 Å². The van der Waals surface area contributed by atoms with Gasteiger partial charge in [-0.05, 0) is 92.5 Å². The van der Waals surface area contributed by atoms with E-state index in [-0.39, 0.29) is 5.92 Å². The van der Waals surface area contributed by atoms with E-state index in [1.165, 1.54) is 24.8 Å². The van der Waals surface area contributed by atoms with Gasteiger partial charge < -0.3 is 9.64 Å². The lowest BCUT2D eigenvalue weighted by Crippen LogP contribution is -2.41. The third-order valence-corrected chi connectivity index (χ3v) is 9.29. The van der Waals surface area contributed by atoms with E-state index in [1.807, 2.05) is 18.5 Å². The molecule has 0 N–H and O–H groups in total. The van der Waals surface area contributed by atoms with Gasteiger partial charge in [0, 0.05) is 36.1 Å². The number of methoxy groups -OCH3 is 1. The van der Waals surface area contributed by atoms with Gasteiger partial charge in [0.1, 0.15) is 5.02 Å². The molecule has 3 aromatic rings. The molecule has 6 nitrogen and oxygen atoms in total. The van der Waals surface area contributed by atoms with Gasteiger partial charge in [-0.2, -0.15) is 5.10 Å². The molecule has 3 saturated carbocycles. The number of rotatable bonds is 8. The Bertz CT molecular complexity index is 1290. The molecule has 39 heavy (non-hydrogen) atoms. The van der Waals surface area contributed by atoms with Crippen molar-refractivity contribution in [1.29, 1.82) is 0 Å². The van der Waals surface area contributed by atoms with Crippen LogP contribution in [0.15, 0.2) is 48.9 Å². The van der Waals surface area contributed by atoms with Crippen LogP contribution in [0.5, 0.6) is 5.88 Å². The second-order valence-corrected chi connectivity index (χ2v) is 12.2. The van der Waals surface area contributed by atoms with Gasteiger partial charge in [0.25, 0.3) is 0 Å². The van der Waals surface area contributed by atoms with Crippen molar-refractivity contribution in [2.75, 3.05) is 18.6 Å². The van der Waals surface area contributed by atoms with Gasteiger partial charge in [0.15, 0.2) is 0 Å². The van der Waals surface area contributed by atoms with Crippen molar-refractivity contribution in [2.45, 2.75) is 82.6 Å². The van der Waals surface area contributed by atoms with Crippen LogP contribution >= 0.6 is 11.6 Å². The number of halogens is 1.